The van der Waals surface area contributed by atoms with Gasteiger partial charge in [-0.3, -0.25) is 9.71 Å². The molecule has 1 aliphatic heterocycles. The number of aliphatic hydroxyl groups excluding tert-OH is 1. The van der Waals surface area contributed by atoms with Crippen LogP contribution in [-0.4, -0.2) is 31.5 Å². The summed E-state index contributed by atoms with van der Waals surface area (Å²) in [6.07, 6.45) is 4.79. The van der Waals surface area contributed by atoms with Gasteiger partial charge in [0, 0.05) is 5.56 Å². The molecule has 0 saturated heterocycles. The number of amidine groups is 1. The Bertz CT molecular complexity index is 646. The Morgan fingerprint density at radius 1 is 1.20 bits per heavy atom. The van der Waals surface area contributed by atoms with Gasteiger partial charge in [0.15, 0.2) is 0 Å². The summed E-state index contributed by atoms with van der Waals surface area (Å²) in [5.41, 5.74) is 0.0685. The van der Waals surface area contributed by atoms with Crippen molar-refractivity contribution in [2.45, 2.75) is 42.5 Å². The molecule has 0 atom stereocenters. The van der Waals surface area contributed by atoms with E-state index in [1.54, 1.807) is 24.3 Å². The third kappa shape index (κ3) is 2.23. The molecule has 0 radical (unpaired) electrons. The van der Waals surface area contributed by atoms with Crippen molar-refractivity contribution in [2.24, 2.45) is 4.99 Å². The van der Waals surface area contributed by atoms with Crippen LogP contribution in [-0.2, 0) is 10.0 Å². The first kappa shape index (κ1) is 13.6. The fourth-order valence-corrected chi connectivity index (χ4v) is 4.20. The van der Waals surface area contributed by atoms with Gasteiger partial charge in [0.25, 0.3) is 10.0 Å². The number of hydrogen-bond donors (Lipinski definition) is 2. The van der Waals surface area contributed by atoms with Crippen molar-refractivity contribution in [1.29, 1.82) is 0 Å². The maximum Gasteiger partial charge on any atom is 0.263 e. The lowest BCUT2D eigenvalue weighted by molar-refractivity contribution is 0.158. The van der Waals surface area contributed by atoms with Gasteiger partial charge < -0.3 is 5.11 Å². The normalized spacial score (nSPS) is 25.1. The van der Waals surface area contributed by atoms with Crippen LogP contribution in [0.25, 0.3) is 0 Å². The highest BCUT2D eigenvalue weighted by atomic mass is 32.2. The molecular weight excluding hydrogens is 276 g/mol. The van der Waals surface area contributed by atoms with Crippen molar-refractivity contribution in [3.05, 3.63) is 29.8 Å². The summed E-state index contributed by atoms with van der Waals surface area (Å²) in [6.45, 7) is -0.0413. The minimum absolute atomic E-state index is 0.0413. The van der Waals surface area contributed by atoms with E-state index < -0.39 is 15.6 Å². The van der Waals surface area contributed by atoms with E-state index in [-0.39, 0.29) is 11.5 Å². The molecule has 2 N–H and O–H groups in total. The van der Waals surface area contributed by atoms with Crippen molar-refractivity contribution in [2.75, 3.05) is 6.61 Å². The van der Waals surface area contributed by atoms with E-state index in [2.05, 4.69) is 9.71 Å². The van der Waals surface area contributed by atoms with Gasteiger partial charge in [-0.15, -0.1) is 0 Å². The van der Waals surface area contributed by atoms with Gasteiger partial charge in [-0.25, -0.2) is 8.42 Å². The number of nitrogens with one attached hydrogen (secondary N) is 1. The van der Waals surface area contributed by atoms with E-state index in [1.807, 2.05) is 0 Å². The molecule has 0 unspecified atom stereocenters. The number of aliphatic imine (C=N–C) groups is 1. The van der Waals surface area contributed by atoms with Crippen molar-refractivity contribution in [1.82, 2.24) is 4.72 Å². The van der Waals surface area contributed by atoms with E-state index in [1.165, 1.54) is 0 Å². The number of hydrogen-bond acceptors (Lipinski definition) is 4. The number of rotatable bonds is 2. The molecule has 108 valence electrons. The molecule has 1 saturated carbocycles. The lowest BCUT2D eigenvalue weighted by Gasteiger charge is -2.32. The Morgan fingerprint density at radius 2 is 1.90 bits per heavy atom. The molecule has 1 heterocycles. The largest absolute Gasteiger partial charge is 0.394 e. The van der Waals surface area contributed by atoms with Gasteiger partial charge in [0.05, 0.1) is 17.0 Å². The van der Waals surface area contributed by atoms with E-state index >= 15 is 0 Å². The predicted octanol–water partition coefficient (Wildman–Crippen LogP) is 1.42. The fourth-order valence-electron chi connectivity index (χ4n) is 2.97. The van der Waals surface area contributed by atoms with Crippen molar-refractivity contribution in [3.8, 4) is 0 Å². The SMILES string of the molecule is O=S1(=O)NC(=NC2(CO)CCCCC2)c2ccccc21. The molecule has 1 aliphatic carbocycles. The Labute approximate surface area is 118 Å². The Kier molecular flexibility index (Phi) is 3.30. The number of fused-ring (bicyclic) bond motifs is 1. The second-order valence-electron chi connectivity index (χ2n) is 5.51. The molecule has 6 heteroatoms. The van der Waals surface area contributed by atoms with Gasteiger partial charge in [-0.1, -0.05) is 31.4 Å². The zero-order valence-electron chi connectivity index (χ0n) is 11.2. The van der Waals surface area contributed by atoms with E-state index in [4.69, 9.17) is 0 Å². The summed E-state index contributed by atoms with van der Waals surface area (Å²) in [7, 11) is -3.50. The molecule has 20 heavy (non-hydrogen) atoms. The van der Waals surface area contributed by atoms with Crippen LogP contribution in [0, 0.1) is 0 Å². The van der Waals surface area contributed by atoms with Crippen molar-refractivity contribution < 1.29 is 13.5 Å². The molecule has 0 spiro atoms. The van der Waals surface area contributed by atoms with Crippen LogP contribution in [0.5, 0.6) is 0 Å². The summed E-state index contributed by atoms with van der Waals surface area (Å²) < 4.78 is 26.6. The second-order valence-corrected chi connectivity index (χ2v) is 7.16. The Hall–Kier alpha value is -1.40. The minimum atomic E-state index is -3.50. The highest BCUT2D eigenvalue weighted by Crippen LogP contribution is 2.33. The van der Waals surface area contributed by atoms with Gasteiger partial charge in [-0.2, -0.15) is 0 Å². The monoisotopic (exact) mass is 294 g/mol. The second kappa shape index (κ2) is 4.86. The first-order valence-corrected chi connectivity index (χ1v) is 8.38. The molecule has 1 aromatic rings. The molecule has 5 nitrogen and oxygen atoms in total. The summed E-state index contributed by atoms with van der Waals surface area (Å²) >= 11 is 0. The smallest absolute Gasteiger partial charge is 0.263 e. The quantitative estimate of drug-likeness (QED) is 0.866. The highest BCUT2D eigenvalue weighted by Gasteiger charge is 2.36. The molecule has 0 amide bonds. The van der Waals surface area contributed by atoms with E-state index in [0.29, 0.717) is 11.4 Å². The maximum absolute atomic E-state index is 12.0. The standard InChI is InChI=1S/C14H18N2O3S/c17-10-14(8-4-1-5-9-14)15-13-11-6-2-3-7-12(11)20(18,19)16-13/h2-3,6-7,17H,1,4-5,8-10H2,(H,15,16). The molecule has 3 rings (SSSR count). The van der Waals surface area contributed by atoms with Crippen LogP contribution in [0.15, 0.2) is 34.2 Å². The molecule has 2 aliphatic rings. The zero-order valence-corrected chi connectivity index (χ0v) is 12.0. The number of aliphatic hydroxyl groups is 1. The average Bonchev–Trinajstić information content (AvgIpc) is 2.72. The molecule has 1 aromatic carbocycles. The van der Waals surface area contributed by atoms with Crippen LogP contribution in [0.1, 0.15) is 37.7 Å². The van der Waals surface area contributed by atoms with Crippen LogP contribution in [0.4, 0.5) is 0 Å². The van der Waals surface area contributed by atoms with E-state index in [0.717, 1.165) is 32.1 Å². The summed E-state index contributed by atoms with van der Waals surface area (Å²) in [4.78, 5) is 4.86. The predicted molar refractivity (Wildman–Crippen MR) is 76.2 cm³/mol. The summed E-state index contributed by atoms with van der Waals surface area (Å²) in [5.74, 6) is 0.372. The lowest BCUT2D eigenvalue weighted by atomic mass is 9.83. The first-order valence-electron chi connectivity index (χ1n) is 6.89. The summed E-state index contributed by atoms with van der Waals surface area (Å²) in [6, 6.07) is 6.82. The lowest BCUT2D eigenvalue weighted by Crippen LogP contribution is -2.37. The van der Waals surface area contributed by atoms with Crippen molar-refractivity contribution in [3.63, 3.8) is 0 Å². The minimum Gasteiger partial charge on any atom is -0.394 e. The zero-order chi connectivity index (χ0) is 14.2. The number of sulfonamides is 1. The Morgan fingerprint density at radius 3 is 2.60 bits per heavy atom. The maximum atomic E-state index is 12.0. The van der Waals surface area contributed by atoms with Crippen LogP contribution >= 0.6 is 0 Å². The highest BCUT2D eigenvalue weighted by molar-refractivity contribution is 7.90. The third-order valence-corrected chi connectivity index (χ3v) is 5.49. The van der Waals surface area contributed by atoms with Gasteiger partial charge in [0.1, 0.15) is 5.84 Å². The van der Waals surface area contributed by atoms with Crippen LogP contribution in [0.3, 0.4) is 0 Å². The Balaban J connectivity index is 2.05. The number of benzene rings is 1. The first-order chi connectivity index (χ1) is 9.56. The van der Waals surface area contributed by atoms with Crippen LogP contribution in [0.2, 0.25) is 0 Å². The average molecular weight is 294 g/mol. The molecule has 0 bridgehead atoms. The fraction of sp³-hybridized carbons (Fsp3) is 0.500. The van der Waals surface area contributed by atoms with Gasteiger partial charge >= 0.3 is 0 Å². The number of nitrogens with zero attached hydrogens (tertiary/aromatic N) is 1. The summed E-state index contributed by atoms with van der Waals surface area (Å²) in [5, 5.41) is 9.70. The topological polar surface area (TPSA) is 78.8 Å². The molecular formula is C14H18N2O3S. The van der Waals surface area contributed by atoms with Gasteiger partial charge in [0.2, 0.25) is 0 Å². The third-order valence-electron chi connectivity index (χ3n) is 4.09. The van der Waals surface area contributed by atoms with Gasteiger partial charge in [-0.05, 0) is 25.0 Å². The molecule has 0 aromatic heterocycles. The van der Waals surface area contributed by atoms with Crippen molar-refractivity contribution >= 4 is 15.9 Å². The van der Waals surface area contributed by atoms with E-state index in [9.17, 15) is 13.5 Å². The molecule has 1 fully saturated rings. The van der Waals surface area contributed by atoms with Crippen LogP contribution < -0.4 is 4.72 Å².